The topological polar surface area (TPSA) is 20.3 Å². The van der Waals surface area contributed by atoms with Gasteiger partial charge in [-0.15, -0.1) is 0 Å². The molecule has 0 aliphatic heterocycles. The Morgan fingerprint density at radius 2 is 1.15 bits per heavy atom. The molecule has 0 unspecified atom stereocenters. The van der Waals surface area contributed by atoms with E-state index in [2.05, 4.69) is 73.0 Å². The smallest absolute Gasteiger partial charge is 0.193 e. The first-order valence-corrected chi connectivity index (χ1v) is 9.77. The molecule has 3 rings (SSSR count). The lowest BCUT2D eigenvalue weighted by atomic mass is 9.91. The van der Waals surface area contributed by atoms with E-state index in [4.69, 9.17) is 0 Å². The van der Waals surface area contributed by atoms with Gasteiger partial charge in [-0.25, -0.2) is 0 Å². The van der Waals surface area contributed by atoms with E-state index in [9.17, 15) is 4.79 Å². The number of hydrogen-bond donors (Lipinski definition) is 0. The van der Waals surface area contributed by atoms with Crippen LogP contribution in [-0.4, -0.2) is 24.8 Å². The average molecular weight is 422 g/mol. The molecule has 0 fully saturated rings. The van der Waals surface area contributed by atoms with Crippen molar-refractivity contribution in [3.05, 3.63) is 94.0 Å². The zero-order valence-electron chi connectivity index (χ0n) is 16.2. The molecule has 3 aromatic rings. The van der Waals surface area contributed by atoms with Crippen molar-refractivity contribution in [3.8, 4) is 11.1 Å². The maximum Gasteiger partial charge on any atom is 0.193 e. The minimum Gasteiger partial charge on any atom is -0.300 e. The van der Waals surface area contributed by atoms with Gasteiger partial charge >= 0.3 is 0 Å². The van der Waals surface area contributed by atoms with Gasteiger partial charge in [0.1, 0.15) is 0 Å². The van der Waals surface area contributed by atoms with Crippen LogP contribution in [0.3, 0.4) is 0 Å². The normalized spacial score (nSPS) is 11.6. The number of carbonyl (C=O) groups excluding carboxylic acids is 1. The maximum atomic E-state index is 12.6. The molecule has 0 saturated carbocycles. The van der Waals surface area contributed by atoms with Crippen LogP contribution in [0.1, 0.15) is 35.3 Å². The van der Waals surface area contributed by atoms with Gasteiger partial charge in [0.25, 0.3) is 0 Å². The lowest BCUT2D eigenvalue weighted by Crippen LogP contribution is -2.35. The molecule has 0 bridgehead atoms. The third-order valence-corrected chi connectivity index (χ3v) is 5.82. The molecule has 0 radical (unpaired) electrons. The fourth-order valence-electron chi connectivity index (χ4n) is 2.91. The van der Waals surface area contributed by atoms with Crippen molar-refractivity contribution < 1.29 is 4.79 Å². The number of hydrogen-bond acceptors (Lipinski definition) is 2. The fraction of sp³-hybridized carbons (Fsp3) is 0.208. The Morgan fingerprint density at radius 1 is 0.741 bits per heavy atom. The summed E-state index contributed by atoms with van der Waals surface area (Å²) < 4.78 is 0.968. The second kappa shape index (κ2) is 7.79. The number of carbonyl (C=O) groups is 1. The van der Waals surface area contributed by atoms with Crippen LogP contribution in [0.25, 0.3) is 11.1 Å². The van der Waals surface area contributed by atoms with Crippen molar-refractivity contribution in [1.82, 2.24) is 4.90 Å². The quantitative estimate of drug-likeness (QED) is 0.460. The Morgan fingerprint density at radius 3 is 1.59 bits per heavy atom. The second-order valence-electron chi connectivity index (χ2n) is 7.44. The molecule has 0 N–H and O–H groups in total. The van der Waals surface area contributed by atoms with Crippen LogP contribution < -0.4 is 0 Å². The minimum absolute atomic E-state index is 0.0144. The van der Waals surface area contributed by atoms with E-state index < -0.39 is 0 Å². The molecule has 0 aliphatic carbocycles. The van der Waals surface area contributed by atoms with Crippen molar-refractivity contribution in [2.45, 2.75) is 19.4 Å². The van der Waals surface area contributed by atoms with E-state index in [1.165, 1.54) is 5.56 Å². The predicted octanol–water partition coefficient (Wildman–Crippen LogP) is 6.14. The molecule has 0 atom stereocenters. The highest BCUT2D eigenvalue weighted by Gasteiger charge is 2.22. The lowest BCUT2D eigenvalue weighted by molar-refractivity contribution is 0.103. The summed E-state index contributed by atoms with van der Waals surface area (Å²) in [5.41, 5.74) is 4.91. The lowest BCUT2D eigenvalue weighted by Gasteiger charge is -2.33. The second-order valence-corrected chi connectivity index (χ2v) is 8.36. The van der Waals surface area contributed by atoms with E-state index >= 15 is 0 Å². The van der Waals surface area contributed by atoms with Gasteiger partial charge in [-0.05, 0) is 68.9 Å². The Labute approximate surface area is 170 Å². The van der Waals surface area contributed by atoms with E-state index in [1.807, 2.05) is 48.5 Å². The summed E-state index contributed by atoms with van der Waals surface area (Å²) in [6, 6.07) is 23.9. The largest absolute Gasteiger partial charge is 0.300 e. The van der Waals surface area contributed by atoms with Crippen molar-refractivity contribution in [2.75, 3.05) is 14.1 Å². The first kappa shape index (κ1) is 19.5. The molecule has 138 valence electrons. The molecule has 0 amide bonds. The van der Waals surface area contributed by atoms with Gasteiger partial charge in [0.05, 0.1) is 0 Å². The molecular weight excluding hydrogens is 398 g/mol. The Bertz CT molecular complexity index is 924. The first-order valence-electron chi connectivity index (χ1n) is 8.98. The summed E-state index contributed by atoms with van der Waals surface area (Å²) in [7, 11) is 4.18. The molecular formula is C24H24BrNO. The Balaban J connectivity index is 1.81. The van der Waals surface area contributed by atoms with Crippen LogP contribution >= 0.6 is 15.9 Å². The Hall–Kier alpha value is -2.23. The minimum atomic E-state index is -0.0144. The summed E-state index contributed by atoms with van der Waals surface area (Å²) in [6.07, 6.45) is 0. The van der Waals surface area contributed by atoms with Crippen LogP contribution in [0.5, 0.6) is 0 Å². The third kappa shape index (κ3) is 4.20. The summed E-state index contributed by atoms with van der Waals surface area (Å²) in [5.74, 6) is 0.0390. The van der Waals surface area contributed by atoms with E-state index in [0.29, 0.717) is 11.1 Å². The van der Waals surface area contributed by atoms with E-state index in [0.717, 1.165) is 15.6 Å². The molecule has 0 spiro atoms. The SMILES string of the molecule is CN(C)C(C)(C)c1ccc(-c2ccc(C(=O)c3ccc(Br)cc3)cc2)cc1. The molecule has 0 aromatic heterocycles. The van der Waals surface area contributed by atoms with E-state index in [-0.39, 0.29) is 11.3 Å². The van der Waals surface area contributed by atoms with Crippen molar-refractivity contribution in [2.24, 2.45) is 0 Å². The van der Waals surface area contributed by atoms with Gasteiger partial charge in [-0.1, -0.05) is 64.5 Å². The van der Waals surface area contributed by atoms with Crippen LogP contribution in [-0.2, 0) is 5.54 Å². The van der Waals surface area contributed by atoms with Crippen LogP contribution in [0, 0.1) is 0 Å². The first-order chi connectivity index (χ1) is 12.8. The van der Waals surface area contributed by atoms with Gasteiger partial charge in [-0.3, -0.25) is 4.79 Å². The monoisotopic (exact) mass is 421 g/mol. The van der Waals surface area contributed by atoms with Crippen LogP contribution in [0.2, 0.25) is 0 Å². The molecule has 3 aromatic carbocycles. The predicted molar refractivity (Wildman–Crippen MR) is 116 cm³/mol. The third-order valence-electron chi connectivity index (χ3n) is 5.30. The number of benzene rings is 3. The molecule has 2 nitrogen and oxygen atoms in total. The molecule has 3 heteroatoms. The van der Waals surface area contributed by atoms with Crippen molar-refractivity contribution >= 4 is 21.7 Å². The van der Waals surface area contributed by atoms with Crippen LogP contribution in [0.4, 0.5) is 0 Å². The number of rotatable bonds is 5. The summed E-state index contributed by atoms with van der Waals surface area (Å²) in [6.45, 7) is 4.43. The molecule has 0 saturated heterocycles. The summed E-state index contributed by atoms with van der Waals surface area (Å²) in [5, 5.41) is 0. The van der Waals surface area contributed by atoms with Gasteiger partial charge in [0, 0.05) is 21.1 Å². The molecule has 27 heavy (non-hydrogen) atoms. The zero-order valence-corrected chi connectivity index (χ0v) is 17.7. The highest BCUT2D eigenvalue weighted by atomic mass is 79.9. The highest BCUT2D eigenvalue weighted by molar-refractivity contribution is 9.10. The number of halogens is 1. The van der Waals surface area contributed by atoms with Gasteiger partial charge in [-0.2, -0.15) is 0 Å². The van der Waals surface area contributed by atoms with Gasteiger partial charge in [0.2, 0.25) is 0 Å². The fourth-order valence-corrected chi connectivity index (χ4v) is 3.18. The van der Waals surface area contributed by atoms with E-state index in [1.54, 1.807) is 0 Å². The molecule has 0 aliphatic rings. The van der Waals surface area contributed by atoms with Crippen molar-refractivity contribution in [1.29, 1.82) is 0 Å². The summed E-state index contributed by atoms with van der Waals surface area (Å²) >= 11 is 3.40. The number of nitrogens with zero attached hydrogens (tertiary/aromatic N) is 1. The van der Waals surface area contributed by atoms with Gasteiger partial charge < -0.3 is 4.90 Å². The maximum absolute atomic E-state index is 12.6. The van der Waals surface area contributed by atoms with Gasteiger partial charge in [0.15, 0.2) is 5.78 Å². The number of ketones is 1. The van der Waals surface area contributed by atoms with Crippen LogP contribution in [0.15, 0.2) is 77.3 Å². The highest BCUT2D eigenvalue weighted by Crippen LogP contribution is 2.28. The molecule has 0 heterocycles. The van der Waals surface area contributed by atoms with Crippen molar-refractivity contribution in [3.63, 3.8) is 0 Å². The standard InChI is InChI=1S/C24H24BrNO/c1-24(2,26(3)4)21-13-9-18(10-14-21)17-5-7-19(8-6-17)23(27)20-11-15-22(25)16-12-20/h5-16H,1-4H3. The Kier molecular flexibility index (Phi) is 5.64. The average Bonchev–Trinajstić information content (AvgIpc) is 2.68. The zero-order chi connectivity index (χ0) is 19.6. The summed E-state index contributed by atoms with van der Waals surface area (Å²) in [4.78, 5) is 14.8.